The highest BCUT2D eigenvalue weighted by atomic mass is 32.2. The van der Waals surface area contributed by atoms with E-state index in [9.17, 15) is 13.2 Å². The second kappa shape index (κ2) is 11.9. The average molecular weight is 447 g/mol. The first kappa shape index (κ1) is 24.9. The van der Waals surface area contributed by atoms with Gasteiger partial charge in [0.2, 0.25) is 10.0 Å². The maximum Gasteiger partial charge on any atom is 0.259 e. The van der Waals surface area contributed by atoms with Crippen LogP contribution in [0.1, 0.15) is 57.3 Å². The lowest BCUT2D eigenvalue weighted by molar-refractivity contribution is 0.102. The maximum atomic E-state index is 12.9. The molecule has 0 atom stereocenters. The SMILES string of the molecule is CCCN(CCC)S(=O)(=O)c1ccc(NC(=O)c2ccccc2OCCC(C)C)cc1. The quantitative estimate of drug-likeness (QED) is 0.488. The molecule has 0 saturated carbocycles. The molecule has 2 rings (SSSR count). The molecule has 2 aromatic carbocycles. The Balaban J connectivity index is 2.12. The van der Waals surface area contributed by atoms with Crippen molar-refractivity contribution in [2.45, 2.75) is 51.9 Å². The Kier molecular flexibility index (Phi) is 9.52. The first-order valence-electron chi connectivity index (χ1n) is 10.9. The van der Waals surface area contributed by atoms with Crippen LogP contribution in [0.5, 0.6) is 5.75 Å². The summed E-state index contributed by atoms with van der Waals surface area (Å²) in [4.78, 5) is 13.0. The van der Waals surface area contributed by atoms with Gasteiger partial charge in [-0.1, -0.05) is 39.8 Å². The van der Waals surface area contributed by atoms with E-state index in [0.29, 0.717) is 42.6 Å². The van der Waals surface area contributed by atoms with E-state index in [1.54, 1.807) is 30.3 Å². The van der Waals surface area contributed by atoms with Gasteiger partial charge in [0.1, 0.15) is 5.75 Å². The zero-order valence-corrected chi connectivity index (χ0v) is 19.7. The Hall–Kier alpha value is -2.38. The van der Waals surface area contributed by atoms with Crippen molar-refractivity contribution in [2.24, 2.45) is 5.92 Å². The van der Waals surface area contributed by atoms with Gasteiger partial charge in [0.15, 0.2) is 0 Å². The highest BCUT2D eigenvalue weighted by Crippen LogP contribution is 2.22. The van der Waals surface area contributed by atoms with Crippen molar-refractivity contribution in [2.75, 3.05) is 25.0 Å². The van der Waals surface area contributed by atoms with Crippen LogP contribution in [0.25, 0.3) is 0 Å². The number of benzene rings is 2. The van der Waals surface area contributed by atoms with Crippen LogP contribution in [-0.4, -0.2) is 38.3 Å². The topological polar surface area (TPSA) is 75.7 Å². The summed E-state index contributed by atoms with van der Waals surface area (Å²) in [7, 11) is -3.55. The number of carbonyl (C=O) groups excluding carboxylic acids is 1. The third-order valence-electron chi connectivity index (χ3n) is 4.78. The molecule has 0 heterocycles. The van der Waals surface area contributed by atoms with Crippen molar-refractivity contribution in [1.82, 2.24) is 4.31 Å². The zero-order chi connectivity index (χ0) is 22.9. The molecule has 0 radical (unpaired) electrons. The second-order valence-corrected chi connectivity index (χ2v) is 9.85. The van der Waals surface area contributed by atoms with Crippen molar-refractivity contribution in [3.63, 3.8) is 0 Å². The van der Waals surface area contributed by atoms with Gasteiger partial charge >= 0.3 is 0 Å². The summed E-state index contributed by atoms with van der Waals surface area (Å²) in [6.45, 7) is 9.68. The number of para-hydroxylation sites is 1. The van der Waals surface area contributed by atoms with E-state index in [1.165, 1.54) is 16.4 Å². The average Bonchev–Trinajstić information content (AvgIpc) is 2.74. The molecule has 0 unspecified atom stereocenters. The summed E-state index contributed by atoms with van der Waals surface area (Å²) < 4.78 is 33.1. The molecule has 0 aliphatic carbocycles. The van der Waals surface area contributed by atoms with Gasteiger partial charge in [-0.15, -0.1) is 0 Å². The van der Waals surface area contributed by atoms with Crippen LogP contribution in [0.3, 0.4) is 0 Å². The van der Waals surface area contributed by atoms with Gasteiger partial charge in [-0.05, 0) is 61.6 Å². The van der Waals surface area contributed by atoms with Gasteiger partial charge in [-0.2, -0.15) is 4.31 Å². The summed E-state index contributed by atoms with van der Waals surface area (Å²) >= 11 is 0. The molecule has 1 amide bonds. The van der Waals surface area contributed by atoms with E-state index in [-0.39, 0.29) is 10.8 Å². The number of ether oxygens (including phenoxy) is 1. The van der Waals surface area contributed by atoms with Crippen molar-refractivity contribution in [1.29, 1.82) is 0 Å². The first-order valence-corrected chi connectivity index (χ1v) is 12.4. The Morgan fingerprint density at radius 1 is 1.00 bits per heavy atom. The summed E-state index contributed by atoms with van der Waals surface area (Å²) in [5.41, 5.74) is 0.971. The van der Waals surface area contributed by atoms with E-state index >= 15 is 0 Å². The lowest BCUT2D eigenvalue weighted by atomic mass is 10.1. The normalized spacial score (nSPS) is 11.7. The van der Waals surface area contributed by atoms with Crippen LogP contribution in [0.2, 0.25) is 0 Å². The van der Waals surface area contributed by atoms with Crippen molar-refractivity contribution in [3.8, 4) is 5.75 Å². The number of sulfonamides is 1. The van der Waals surface area contributed by atoms with E-state index in [1.807, 2.05) is 19.9 Å². The number of carbonyl (C=O) groups is 1. The van der Waals surface area contributed by atoms with E-state index in [4.69, 9.17) is 4.74 Å². The summed E-state index contributed by atoms with van der Waals surface area (Å²) in [5.74, 6) is 0.755. The largest absolute Gasteiger partial charge is 0.493 e. The first-order chi connectivity index (χ1) is 14.8. The van der Waals surface area contributed by atoms with E-state index < -0.39 is 10.0 Å². The molecule has 2 aromatic rings. The van der Waals surface area contributed by atoms with Gasteiger partial charge in [0.25, 0.3) is 5.91 Å². The molecule has 0 saturated heterocycles. The van der Waals surface area contributed by atoms with Crippen molar-refractivity contribution in [3.05, 3.63) is 54.1 Å². The fourth-order valence-electron chi connectivity index (χ4n) is 3.09. The van der Waals surface area contributed by atoms with Crippen molar-refractivity contribution < 1.29 is 17.9 Å². The molecular formula is C24H34N2O4S. The van der Waals surface area contributed by atoms with Gasteiger partial charge in [0.05, 0.1) is 17.1 Å². The number of nitrogens with zero attached hydrogens (tertiary/aromatic N) is 1. The Morgan fingerprint density at radius 2 is 1.61 bits per heavy atom. The number of anilines is 1. The molecule has 0 spiro atoms. The van der Waals surface area contributed by atoms with Crippen LogP contribution >= 0.6 is 0 Å². The van der Waals surface area contributed by atoms with Gasteiger partial charge in [-0.25, -0.2) is 8.42 Å². The predicted molar refractivity (Wildman–Crippen MR) is 125 cm³/mol. The van der Waals surface area contributed by atoms with Gasteiger partial charge < -0.3 is 10.1 Å². The number of amides is 1. The van der Waals surface area contributed by atoms with Gasteiger partial charge in [-0.3, -0.25) is 4.79 Å². The number of nitrogens with one attached hydrogen (secondary N) is 1. The Bertz CT molecular complexity index is 934. The highest BCUT2D eigenvalue weighted by molar-refractivity contribution is 7.89. The molecule has 0 aliphatic heterocycles. The molecule has 31 heavy (non-hydrogen) atoms. The summed E-state index contributed by atoms with van der Waals surface area (Å²) in [6, 6.07) is 13.4. The second-order valence-electron chi connectivity index (χ2n) is 7.91. The zero-order valence-electron chi connectivity index (χ0n) is 18.9. The highest BCUT2D eigenvalue weighted by Gasteiger charge is 2.23. The molecule has 0 aromatic heterocycles. The van der Waals surface area contributed by atoms with E-state index in [0.717, 1.165) is 19.3 Å². The maximum absolute atomic E-state index is 12.9. The molecule has 7 heteroatoms. The van der Waals surface area contributed by atoms with Gasteiger partial charge in [0, 0.05) is 18.8 Å². The Labute approximate surface area is 186 Å². The summed E-state index contributed by atoms with van der Waals surface area (Å²) in [5, 5.41) is 2.83. The fourth-order valence-corrected chi connectivity index (χ4v) is 4.72. The lowest BCUT2D eigenvalue weighted by Gasteiger charge is -2.21. The monoisotopic (exact) mass is 446 g/mol. The smallest absolute Gasteiger partial charge is 0.259 e. The third kappa shape index (κ3) is 7.08. The van der Waals surface area contributed by atoms with Crippen molar-refractivity contribution >= 4 is 21.6 Å². The van der Waals surface area contributed by atoms with Crippen LogP contribution in [-0.2, 0) is 10.0 Å². The fraction of sp³-hybridized carbons (Fsp3) is 0.458. The Morgan fingerprint density at radius 3 is 2.19 bits per heavy atom. The van der Waals surface area contributed by atoms with E-state index in [2.05, 4.69) is 19.2 Å². The number of rotatable bonds is 12. The molecule has 0 fully saturated rings. The number of hydrogen-bond acceptors (Lipinski definition) is 4. The molecule has 6 nitrogen and oxygen atoms in total. The molecule has 0 aliphatic rings. The molecule has 0 bridgehead atoms. The third-order valence-corrected chi connectivity index (χ3v) is 6.69. The molecule has 1 N–H and O–H groups in total. The minimum atomic E-state index is -3.55. The molecule has 170 valence electrons. The van der Waals surface area contributed by atoms with Crippen LogP contribution in [0.15, 0.2) is 53.4 Å². The lowest BCUT2D eigenvalue weighted by Crippen LogP contribution is -2.32. The number of hydrogen-bond donors (Lipinski definition) is 1. The molecular weight excluding hydrogens is 412 g/mol. The summed E-state index contributed by atoms with van der Waals surface area (Å²) in [6.07, 6.45) is 2.41. The standard InChI is InChI=1S/C24H34N2O4S/c1-5-16-26(17-6-2)31(28,29)21-13-11-20(12-14-21)25-24(27)22-9-7-8-10-23(22)30-18-15-19(3)4/h7-14,19H,5-6,15-18H2,1-4H3,(H,25,27). The minimum absolute atomic E-state index is 0.227. The van der Waals surface area contributed by atoms with Crippen LogP contribution < -0.4 is 10.1 Å². The minimum Gasteiger partial charge on any atom is -0.493 e. The van der Waals surface area contributed by atoms with Crippen LogP contribution in [0, 0.1) is 5.92 Å². The van der Waals surface area contributed by atoms with Crippen LogP contribution in [0.4, 0.5) is 5.69 Å². The predicted octanol–water partition coefficient (Wildman–Crippen LogP) is 5.17.